The molecule has 3 aromatic rings. The first-order valence-electron chi connectivity index (χ1n) is 13.7. The number of rotatable bonds is 11. The number of benzene rings is 3. The molecule has 0 bridgehead atoms. The van der Waals surface area contributed by atoms with E-state index in [4.69, 9.17) is 33.0 Å². The lowest BCUT2D eigenvalue weighted by Gasteiger charge is -2.47. The van der Waals surface area contributed by atoms with Crippen molar-refractivity contribution in [3.8, 4) is 6.07 Å². The van der Waals surface area contributed by atoms with Gasteiger partial charge >= 0.3 is 5.97 Å². The molecule has 8 nitrogen and oxygen atoms in total. The van der Waals surface area contributed by atoms with Crippen LogP contribution in [0.3, 0.4) is 0 Å². The van der Waals surface area contributed by atoms with Crippen LogP contribution in [0.5, 0.6) is 0 Å². The van der Waals surface area contributed by atoms with Crippen molar-refractivity contribution in [1.29, 1.82) is 5.26 Å². The Bertz CT molecular complexity index is 1440. The fourth-order valence-corrected chi connectivity index (χ4v) is 5.41. The largest absolute Gasteiger partial charge is 0.481 e. The number of hydrogen-bond donors (Lipinski definition) is 2. The molecule has 0 radical (unpaired) electrons. The molecule has 2 amide bonds. The zero-order valence-electron chi connectivity index (χ0n) is 23.0. The van der Waals surface area contributed by atoms with E-state index in [2.05, 4.69) is 11.4 Å². The number of carbonyl (C=O) groups is 3. The molecule has 2 N–H and O–H groups in total. The Hall–Kier alpha value is -3.90. The number of carboxylic acid groups (broad SMARTS) is 1. The molecule has 1 fully saturated rings. The van der Waals surface area contributed by atoms with Crippen LogP contribution < -0.4 is 5.32 Å². The smallest absolute Gasteiger partial charge is 0.305 e. The molecule has 3 aromatic carbocycles. The maximum Gasteiger partial charge on any atom is 0.305 e. The zero-order valence-corrected chi connectivity index (χ0v) is 24.5. The van der Waals surface area contributed by atoms with Crippen molar-refractivity contribution in [3.05, 3.63) is 105 Å². The van der Waals surface area contributed by atoms with Crippen molar-refractivity contribution in [3.63, 3.8) is 0 Å². The highest BCUT2D eigenvalue weighted by Gasteiger charge is 2.48. The quantitative estimate of drug-likeness (QED) is 0.281. The van der Waals surface area contributed by atoms with Gasteiger partial charge in [0.2, 0.25) is 5.91 Å². The Morgan fingerprint density at radius 3 is 2.14 bits per heavy atom. The van der Waals surface area contributed by atoms with Crippen molar-refractivity contribution in [2.45, 2.75) is 56.9 Å². The normalized spacial score (nSPS) is 19.1. The van der Waals surface area contributed by atoms with Gasteiger partial charge in [0, 0.05) is 23.0 Å². The third kappa shape index (κ3) is 7.48. The van der Waals surface area contributed by atoms with Gasteiger partial charge in [0.05, 0.1) is 24.1 Å². The first kappa shape index (κ1) is 31.0. The molecular formula is C32H31Cl2N3O5. The van der Waals surface area contributed by atoms with Crippen LogP contribution in [-0.4, -0.2) is 46.5 Å². The molecule has 1 aliphatic rings. The van der Waals surface area contributed by atoms with Crippen LogP contribution >= 0.6 is 23.2 Å². The summed E-state index contributed by atoms with van der Waals surface area (Å²) in [5, 5.41) is 22.1. The summed E-state index contributed by atoms with van der Waals surface area (Å²) >= 11 is 12.4. The second kappa shape index (κ2) is 14.3. The Morgan fingerprint density at radius 2 is 1.60 bits per heavy atom. The summed E-state index contributed by atoms with van der Waals surface area (Å²) in [5.41, 5.74) is 2.79. The minimum Gasteiger partial charge on any atom is -0.481 e. The lowest BCUT2D eigenvalue weighted by Crippen LogP contribution is -2.59. The second-order valence-corrected chi connectivity index (χ2v) is 11.0. The van der Waals surface area contributed by atoms with Gasteiger partial charge in [-0.3, -0.25) is 14.4 Å². The minimum atomic E-state index is -1.03. The van der Waals surface area contributed by atoms with E-state index >= 15 is 0 Å². The number of amides is 2. The first-order valence-corrected chi connectivity index (χ1v) is 14.4. The van der Waals surface area contributed by atoms with Crippen LogP contribution in [0.4, 0.5) is 0 Å². The second-order valence-electron chi connectivity index (χ2n) is 10.1. The van der Waals surface area contributed by atoms with Gasteiger partial charge in [0.1, 0.15) is 18.2 Å². The SMILES string of the molecule is CCC[C@@H](C(=O)NCCC(=O)O)N1C(=O)[C@@H](Cc2ccc(C#N)cc2)O[C@H](c2ccc(Cl)cc2)[C@@H]1c1ccc(Cl)cc1. The molecule has 4 atom stereocenters. The van der Waals surface area contributed by atoms with E-state index in [9.17, 15) is 19.6 Å². The molecule has 1 saturated heterocycles. The van der Waals surface area contributed by atoms with E-state index in [1.807, 2.05) is 31.2 Å². The van der Waals surface area contributed by atoms with Gasteiger partial charge in [-0.25, -0.2) is 0 Å². The summed E-state index contributed by atoms with van der Waals surface area (Å²) in [5.74, 6) is -1.83. The predicted octanol–water partition coefficient (Wildman–Crippen LogP) is 5.88. The Morgan fingerprint density at radius 1 is 1.00 bits per heavy atom. The summed E-state index contributed by atoms with van der Waals surface area (Å²) in [6.07, 6.45) is -0.675. The topological polar surface area (TPSA) is 120 Å². The van der Waals surface area contributed by atoms with Crippen LogP contribution in [0.2, 0.25) is 10.0 Å². The lowest BCUT2D eigenvalue weighted by atomic mass is 9.88. The summed E-state index contributed by atoms with van der Waals surface area (Å²) < 4.78 is 6.59. The average Bonchev–Trinajstić information content (AvgIpc) is 2.98. The van der Waals surface area contributed by atoms with E-state index in [1.54, 1.807) is 53.4 Å². The Balaban J connectivity index is 1.82. The van der Waals surface area contributed by atoms with Gasteiger partial charge in [-0.1, -0.05) is 72.9 Å². The average molecular weight is 609 g/mol. The van der Waals surface area contributed by atoms with Gasteiger partial charge in [0.15, 0.2) is 0 Å². The summed E-state index contributed by atoms with van der Waals surface area (Å²) in [7, 11) is 0. The maximum absolute atomic E-state index is 14.4. The van der Waals surface area contributed by atoms with Gasteiger partial charge < -0.3 is 20.1 Å². The van der Waals surface area contributed by atoms with Gasteiger partial charge in [-0.05, 0) is 59.5 Å². The molecule has 42 heavy (non-hydrogen) atoms. The van der Waals surface area contributed by atoms with E-state index < -0.39 is 36.2 Å². The van der Waals surface area contributed by atoms with Crippen molar-refractivity contribution < 1.29 is 24.2 Å². The lowest BCUT2D eigenvalue weighted by molar-refractivity contribution is -0.181. The third-order valence-electron chi connectivity index (χ3n) is 7.18. The highest BCUT2D eigenvalue weighted by Crippen LogP contribution is 2.44. The zero-order chi connectivity index (χ0) is 30.2. The molecule has 1 aliphatic heterocycles. The molecule has 0 unspecified atom stereocenters. The predicted molar refractivity (Wildman–Crippen MR) is 159 cm³/mol. The number of halogens is 2. The van der Waals surface area contributed by atoms with Gasteiger partial charge in [-0.15, -0.1) is 0 Å². The highest BCUT2D eigenvalue weighted by molar-refractivity contribution is 6.30. The number of nitriles is 1. The summed E-state index contributed by atoms with van der Waals surface area (Å²) in [6.45, 7) is 1.86. The van der Waals surface area contributed by atoms with E-state index in [1.165, 1.54) is 0 Å². The maximum atomic E-state index is 14.4. The van der Waals surface area contributed by atoms with Crippen molar-refractivity contribution in [2.24, 2.45) is 0 Å². The van der Waals surface area contributed by atoms with Crippen LogP contribution in [0.25, 0.3) is 0 Å². The minimum absolute atomic E-state index is 0.0617. The number of carboxylic acids is 1. The number of carbonyl (C=O) groups excluding carboxylic acids is 2. The Kier molecular flexibility index (Phi) is 10.6. The van der Waals surface area contributed by atoms with Crippen molar-refractivity contribution >= 4 is 41.0 Å². The number of nitrogens with one attached hydrogen (secondary N) is 1. The van der Waals surface area contributed by atoms with Crippen LogP contribution in [0.15, 0.2) is 72.8 Å². The number of aliphatic carboxylic acids is 1. The fourth-order valence-electron chi connectivity index (χ4n) is 5.16. The number of ether oxygens (including phenoxy) is 1. The summed E-state index contributed by atoms with van der Waals surface area (Å²) in [6, 6.07) is 21.7. The van der Waals surface area contributed by atoms with Crippen LogP contribution in [0, 0.1) is 11.3 Å². The van der Waals surface area contributed by atoms with Crippen molar-refractivity contribution in [2.75, 3.05) is 6.54 Å². The first-order chi connectivity index (χ1) is 20.2. The van der Waals surface area contributed by atoms with Crippen LogP contribution in [0.1, 0.15) is 60.6 Å². The molecule has 218 valence electrons. The molecule has 0 aliphatic carbocycles. The number of morpholine rings is 1. The molecule has 4 rings (SSSR count). The monoisotopic (exact) mass is 607 g/mol. The number of nitrogens with zero attached hydrogens (tertiary/aromatic N) is 2. The Labute approximate surface area is 254 Å². The molecule has 0 spiro atoms. The fraction of sp³-hybridized carbons (Fsp3) is 0.312. The van der Waals surface area contributed by atoms with E-state index in [-0.39, 0.29) is 25.3 Å². The molecule has 10 heteroatoms. The molecular weight excluding hydrogens is 577 g/mol. The van der Waals surface area contributed by atoms with E-state index in [0.29, 0.717) is 28.5 Å². The van der Waals surface area contributed by atoms with Crippen LogP contribution in [-0.2, 0) is 25.5 Å². The van der Waals surface area contributed by atoms with E-state index in [0.717, 1.165) is 16.7 Å². The summed E-state index contributed by atoms with van der Waals surface area (Å²) in [4.78, 5) is 40.7. The van der Waals surface area contributed by atoms with Gasteiger partial charge in [0.25, 0.3) is 5.91 Å². The molecule has 1 heterocycles. The van der Waals surface area contributed by atoms with Gasteiger partial charge in [-0.2, -0.15) is 5.26 Å². The molecule has 0 saturated carbocycles. The van der Waals surface area contributed by atoms with Crippen molar-refractivity contribution in [1.82, 2.24) is 10.2 Å². The standard InChI is InChI=1S/C32H31Cl2N3O5/c1-2-3-26(31(40)36-17-16-28(38)39)37-29(22-8-12-24(33)13-9-22)30(23-10-14-25(34)15-11-23)42-27(32(37)41)18-20-4-6-21(19-35)7-5-20/h4-15,26-27,29-30H,2-3,16-18H2,1H3,(H,36,40)(H,38,39)/t26-,27+,29-,30+/m0/s1. The third-order valence-corrected chi connectivity index (χ3v) is 7.68. The molecule has 0 aromatic heterocycles. The number of hydrogen-bond acceptors (Lipinski definition) is 5. The highest BCUT2D eigenvalue weighted by atomic mass is 35.5.